The topological polar surface area (TPSA) is 56.7 Å². The highest BCUT2D eigenvalue weighted by atomic mass is 15.2. The van der Waals surface area contributed by atoms with Gasteiger partial charge in [0.05, 0.1) is 17.2 Å². The van der Waals surface area contributed by atoms with E-state index in [1.165, 1.54) is 19.3 Å². The first-order chi connectivity index (χ1) is 10.3. The summed E-state index contributed by atoms with van der Waals surface area (Å²) in [6.45, 7) is 2.24. The first-order valence-corrected chi connectivity index (χ1v) is 7.79. The molecule has 4 nitrogen and oxygen atoms in total. The molecule has 21 heavy (non-hydrogen) atoms. The van der Waals surface area contributed by atoms with Crippen molar-refractivity contribution in [3.05, 3.63) is 30.5 Å². The van der Waals surface area contributed by atoms with E-state index in [1.807, 2.05) is 18.3 Å². The van der Waals surface area contributed by atoms with Crippen molar-refractivity contribution in [1.82, 2.24) is 14.5 Å². The normalized spacial score (nSPS) is 16.6. The second kappa shape index (κ2) is 4.72. The fourth-order valence-corrected chi connectivity index (χ4v) is 3.31. The summed E-state index contributed by atoms with van der Waals surface area (Å²) in [6, 6.07) is 8.68. The van der Waals surface area contributed by atoms with Crippen LogP contribution in [0.25, 0.3) is 21.9 Å². The van der Waals surface area contributed by atoms with E-state index in [4.69, 9.17) is 5.73 Å². The quantitative estimate of drug-likeness (QED) is 0.788. The summed E-state index contributed by atoms with van der Waals surface area (Å²) >= 11 is 0. The minimum Gasteiger partial charge on any atom is -0.369 e. The molecule has 2 aromatic heterocycles. The third-order valence-corrected chi connectivity index (χ3v) is 4.59. The van der Waals surface area contributed by atoms with Crippen LogP contribution in [0.3, 0.4) is 0 Å². The van der Waals surface area contributed by atoms with Crippen LogP contribution in [0, 0.1) is 5.92 Å². The minimum absolute atomic E-state index is 0.438. The van der Waals surface area contributed by atoms with Crippen LogP contribution < -0.4 is 5.73 Å². The molecule has 0 spiro atoms. The molecule has 1 atom stereocenters. The number of benzene rings is 1. The van der Waals surface area contributed by atoms with Crippen molar-refractivity contribution < 1.29 is 0 Å². The first kappa shape index (κ1) is 12.6. The van der Waals surface area contributed by atoms with E-state index in [-0.39, 0.29) is 0 Å². The number of aromatic nitrogens is 3. The predicted molar refractivity (Wildman–Crippen MR) is 86.1 cm³/mol. The van der Waals surface area contributed by atoms with Crippen LogP contribution >= 0.6 is 0 Å². The average Bonchev–Trinajstić information content (AvgIpc) is 3.26. The molecule has 1 aliphatic rings. The number of rotatable bonds is 4. The maximum Gasteiger partial charge on any atom is 0.201 e. The zero-order valence-electron chi connectivity index (χ0n) is 12.3. The van der Waals surface area contributed by atoms with Crippen LogP contribution in [0.15, 0.2) is 30.5 Å². The van der Waals surface area contributed by atoms with Gasteiger partial charge < -0.3 is 10.3 Å². The second-order valence-electron chi connectivity index (χ2n) is 6.09. The Labute approximate surface area is 124 Å². The van der Waals surface area contributed by atoms with E-state index in [9.17, 15) is 0 Å². The van der Waals surface area contributed by atoms with Gasteiger partial charge in [-0.05, 0) is 24.8 Å². The largest absolute Gasteiger partial charge is 0.369 e. The van der Waals surface area contributed by atoms with Gasteiger partial charge in [-0.3, -0.25) is 4.98 Å². The SMILES string of the molecule is CCC(CC1CC1)n1c(N)nc2cnc3ccccc3c21. The lowest BCUT2D eigenvalue weighted by Crippen LogP contribution is -2.12. The van der Waals surface area contributed by atoms with Gasteiger partial charge in [0, 0.05) is 11.4 Å². The van der Waals surface area contributed by atoms with Crippen molar-refractivity contribution >= 4 is 27.9 Å². The van der Waals surface area contributed by atoms with Crippen molar-refractivity contribution in [2.24, 2.45) is 5.92 Å². The minimum atomic E-state index is 0.438. The third kappa shape index (κ3) is 2.06. The van der Waals surface area contributed by atoms with E-state index in [2.05, 4.69) is 33.6 Å². The van der Waals surface area contributed by atoms with E-state index < -0.39 is 0 Å². The molecule has 0 aliphatic heterocycles. The van der Waals surface area contributed by atoms with Crippen LogP contribution in [0.5, 0.6) is 0 Å². The molecule has 0 radical (unpaired) electrons. The molecule has 1 aromatic carbocycles. The summed E-state index contributed by atoms with van der Waals surface area (Å²) < 4.78 is 2.25. The van der Waals surface area contributed by atoms with Crippen LogP contribution in [-0.4, -0.2) is 14.5 Å². The molecule has 1 fully saturated rings. The number of nitrogens with two attached hydrogens (primary N) is 1. The van der Waals surface area contributed by atoms with Gasteiger partial charge in [-0.25, -0.2) is 4.98 Å². The Morgan fingerprint density at radius 2 is 2.10 bits per heavy atom. The Kier molecular flexibility index (Phi) is 2.84. The molecule has 0 bridgehead atoms. The summed E-state index contributed by atoms with van der Waals surface area (Å²) in [5.74, 6) is 1.50. The molecular weight excluding hydrogens is 260 g/mol. The first-order valence-electron chi connectivity index (χ1n) is 7.79. The summed E-state index contributed by atoms with van der Waals surface area (Å²) in [5.41, 5.74) is 9.30. The molecule has 4 rings (SSSR count). The molecule has 0 amide bonds. The molecule has 1 unspecified atom stereocenters. The maximum atomic E-state index is 6.24. The van der Waals surface area contributed by atoms with Crippen molar-refractivity contribution in [3.8, 4) is 0 Å². The van der Waals surface area contributed by atoms with Gasteiger partial charge in [-0.1, -0.05) is 38.0 Å². The molecule has 4 heteroatoms. The Hall–Kier alpha value is -2.10. The summed E-state index contributed by atoms with van der Waals surface area (Å²) in [5, 5.41) is 1.15. The van der Waals surface area contributed by atoms with E-state index in [1.54, 1.807) is 0 Å². The summed E-state index contributed by atoms with van der Waals surface area (Å²) in [4.78, 5) is 9.03. The number of nitrogen functional groups attached to an aromatic ring is 1. The lowest BCUT2D eigenvalue weighted by molar-refractivity contribution is 0.443. The van der Waals surface area contributed by atoms with Crippen molar-refractivity contribution in [3.63, 3.8) is 0 Å². The highest BCUT2D eigenvalue weighted by molar-refractivity contribution is 6.03. The van der Waals surface area contributed by atoms with Crippen LogP contribution in [0.4, 0.5) is 5.95 Å². The molecule has 2 heterocycles. The Balaban J connectivity index is 1.97. The van der Waals surface area contributed by atoms with Gasteiger partial charge in [-0.15, -0.1) is 0 Å². The van der Waals surface area contributed by atoms with Gasteiger partial charge in [-0.2, -0.15) is 0 Å². The maximum absolute atomic E-state index is 6.24. The zero-order valence-corrected chi connectivity index (χ0v) is 12.3. The van der Waals surface area contributed by atoms with Gasteiger partial charge in [0.25, 0.3) is 0 Å². The van der Waals surface area contributed by atoms with Crippen molar-refractivity contribution in [2.75, 3.05) is 5.73 Å². The fourth-order valence-electron chi connectivity index (χ4n) is 3.31. The lowest BCUT2D eigenvalue weighted by atomic mass is 10.1. The predicted octanol–water partition coefficient (Wildman–Crippen LogP) is 3.92. The Bertz CT molecular complexity index is 801. The number of fused-ring (bicyclic) bond motifs is 3. The molecule has 3 aromatic rings. The molecule has 0 saturated heterocycles. The number of para-hydroxylation sites is 1. The fraction of sp³-hybridized carbons (Fsp3) is 0.412. The Morgan fingerprint density at radius 1 is 1.29 bits per heavy atom. The van der Waals surface area contributed by atoms with Gasteiger partial charge in [0.15, 0.2) is 0 Å². The smallest absolute Gasteiger partial charge is 0.201 e. The number of nitrogens with zero attached hydrogens (tertiary/aromatic N) is 3. The third-order valence-electron chi connectivity index (χ3n) is 4.59. The highest BCUT2D eigenvalue weighted by Gasteiger charge is 2.27. The van der Waals surface area contributed by atoms with Crippen molar-refractivity contribution in [1.29, 1.82) is 0 Å². The lowest BCUT2D eigenvalue weighted by Gasteiger charge is -2.19. The van der Waals surface area contributed by atoms with Gasteiger partial charge in [0.2, 0.25) is 5.95 Å². The molecular formula is C17H20N4. The number of hydrogen-bond donors (Lipinski definition) is 1. The van der Waals surface area contributed by atoms with Gasteiger partial charge in [0.1, 0.15) is 5.52 Å². The second-order valence-corrected chi connectivity index (χ2v) is 6.09. The zero-order chi connectivity index (χ0) is 14.4. The Morgan fingerprint density at radius 3 is 2.86 bits per heavy atom. The highest BCUT2D eigenvalue weighted by Crippen LogP contribution is 2.40. The van der Waals surface area contributed by atoms with Gasteiger partial charge >= 0.3 is 0 Å². The van der Waals surface area contributed by atoms with E-state index in [0.29, 0.717) is 12.0 Å². The van der Waals surface area contributed by atoms with Crippen LogP contribution in [0.1, 0.15) is 38.6 Å². The molecule has 1 aliphatic carbocycles. The molecule has 1 saturated carbocycles. The number of hydrogen-bond acceptors (Lipinski definition) is 3. The molecule has 2 N–H and O–H groups in total. The van der Waals surface area contributed by atoms with Crippen molar-refractivity contribution in [2.45, 2.75) is 38.6 Å². The number of pyridine rings is 1. The van der Waals surface area contributed by atoms with E-state index >= 15 is 0 Å². The monoisotopic (exact) mass is 280 g/mol. The van der Waals surface area contributed by atoms with E-state index in [0.717, 1.165) is 34.3 Å². The standard InChI is InChI=1S/C17H20N4/c1-2-12(9-11-7-8-11)21-16-13-5-3-4-6-14(13)19-10-15(16)20-17(21)18/h3-6,10-12H,2,7-9H2,1H3,(H2,18,20). The summed E-state index contributed by atoms with van der Waals surface area (Å²) in [7, 11) is 0. The van der Waals surface area contributed by atoms with Crippen LogP contribution in [0.2, 0.25) is 0 Å². The summed E-state index contributed by atoms with van der Waals surface area (Å²) in [6.07, 6.45) is 6.87. The molecule has 108 valence electrons. The number of imidazole rings is 1. The van der Waals surface area contributed by atoms with Crippen LogP contribution in [-0.2, 0) is 0 Å². The average molecular weight is 280 g/mol. The number of anilines is 1.